The smallest absolute Gasteiger partial charge is 0.0602 e. The van der Waals surface area contributed by atoms with Crippen molar-refractivity contribution in [1.29, 1.82) is 0 Å². The van der Waals surface area contributed by atoms with Crippen LogP contribution in [0.2, 0.25) is 0 Å². The number of allylic oxidation sites excluding steroid dienone is 1. The summed E-state index contributed by atoms with van der Waals surface area (Å²) >= 11 is 1.86. The normalized spacial score (nSPS) is 13.0. The molecule has 0 fully saturated rings. The number of benzene rings is 7. The summed E-state index contributed by atoms with van der Waals surface area (Å²) in [7, 11) is 0. The summed E-state index contributed by atoms with van der Waals surface area (Å²) in [5.74, 6) is 0. The van der Waals surface area contributed by atoms with Crippen LogP contribution in [-0.2, 0) is 6.42 Å². The van der Waals surface area contributed by atoms with Crippen molar-refractivity contribution in [2.24, 2.45) is 0 Å². The second-order valence-corrected chi connectivity index (χ2v) is 14.4. The van der Waals surface area contributed by atoms with Gasteiger partial charge >= 0.3 is 0 Å². The molecule has 0 radical (unpaired) electrons. The molecule has 248 valence electrons. The van der Waals surface area contributed by atoms with Gasteiger partial charge in [-0.05, 0) is 133 Å². The number of para-hydroxylation sites is 4. The molecule has 52 heavy (non-hydrogen) atoms. The molecule has 0 saturated heterocycles. The van der Waals surface area contributed by atoms with E-state index in [1.807, 2.05) is 11.8 Å². The highest BCUT2D eigenvalue weighted by Gasteiger charge is 2.26. The van der Waals surface area contributed by atoms with E-state index in [1.165, 1.54) is 60.1 Å². The lowest BCUT2D eigenvalue weighted by Gasteiger charge is -2.33. The summed E-state index contributed by atoms with van der Waals surface area (Å²) in [5, 5.41) is 1.35. The Morgan fingerprint density at radius 3 is 1.87 bits per heavy atom. The number of aromatic nitrogens is 1. The van der Waals surface area contributed by atoms with E-state index in [9.17, 15) is 0 Å². The van der Waals surface area contributed by atoms with Crippen molar-refractivity contribution in [1.82, 2.24) is 4.57 Å². The van der Waals surface area contributed by atoms with Crippen LogP contribution in [0.5, 0.6) is 0 Å². The quantitative estimate of drug-likeness (QED) is 0.173. The zero-order chi connectivity index (χ0) is 34.4. The number of rotatable bonds is 6. The number of nitrogens with zero attached hydrogens (tertiary/aromatic N) is 3. The predicted octanol–water partition coefficient (Wildman–Crippen LogP) is 13.7. The van der Waals surface area contributed by atoms with Crippen LogP contribution in [0.4, 0.5) is 34.1 Å². The van der Waals surface area contributed by atoms with Crippen molar-refractivity contribution in [2.45, 2.75) is 22.6 Å². The Morgan fingerprint density at radius 2 is 1.12 bits per heavy atom. The van der Waals surface area contributed by atoms with Crippen LogP contribution in [-0.4, -0.2) is 4.57 Å². The molecule has 10 rings (SSSR count). The first-order valence-corrected chi connectivity index (χ1v) is 18.7. The lowest BCUT2D eigenvalue weighted by molar-refractivity contribution is 0.967. The summed E-state index contributed by atoms with van der Waals surface area (Å²) in [6.45, 7) is 0. The molecule has 7 aromatic carbocycles. The van der Waals surface area contributed by atoms with E-state index in [2.05, 4.69) is 202 Å². The van der Waals surface area contributed by atoms with Gasteiger partial charge in [0.25, 0.3) is 0 Å². The fourth-order valence-electron chi connectivity index (χ4n) is 7.84. The molecule has 2 aliphatic rings. The molecule has 1 aliphatic carbocycles. The number of hydrogen-bond donors (Lipinski definition) is 0. The third-order valence-electron chi connectivity index (χ3n) is 10.2. The minimum absolute atomic E-state index is 1.06. The van der Waals surface area contributed by atoms with Gasteiger partial charge < -0.3 is 14.4 Å². The van der Waals surface area contributed by atoms with E-state index in [1.54, 1.807) is 0 Å². The van der Waals surface area contributed by atoms with Gasteiger partial charge in [-0.2, -0.15) is 0 Å². The van der Waals surface area contributed by atoms with E-state index in [0.29, 0.717) is 0 Å². The lowest BCUT2D eigenvalue weighted by atomic mass is 9.97. The highest BCUT2D eigenvalue weighted by molar-refractivity contribution is 7.99. The topological polar surface area (TPSA) is 11.4 Å². The average Bonchev–Trinajstić information content (AvgIpc) is 3.55. The number of aryl methyl sites for hydroxylation is 1. The molecular weight excluding hydrogens is 651 g/mol. The van der Waals surface area contributed by atoms with E-state index in [4.69, 9.17) is 0 Å². The second-order valence-electron chi connectivity index (χ2n) is 13.3. The molecule has 0 amide bonds. The van der Waals surface area contributed by atoms with Crippen LogP contribution < -0.4 is 9.80 Å². The van der Waals surface area contributed by atoms with Crippen molar-refractivity contribution in [3.8, 4) is 16.8 Å². The van der Waals surface area contributed by atoms with Crippen LogP contribution >= 0.6 is 11.8 Å². The zero-order valence-corrected chi connectivity index (χ0v) is 29.4. The molecule has 0 N–H and O–H groups in total. The number of anilines is 6. The third kappa shape index (κ3) is 5.23. The second kappa shape index (κ2) is 12.8. The lowest BCUT2D eigenvalue weighted by Crippen LogP contribution is -2.15. The Hall–Kier alpha value is -6.23. The van der Waals surface area contributed by atoms with E-state index in [-0.39, 0.29) is 0 Å². The number of hydrogen-bond acceptors (Lipinski definition) is 3. The molecule has 0 unspecified atom stereocenters. The molecule has 0 atom stereocenters. The summed E-state index contributed by atoms with van der Waals surface area (Å²) in [4.78, 5) is 7.23. The summed E-state index contributed by atoms with van der Waals surface area (Å²) in [6.07, 6.45) is 6.75. The molecular formula is C48H35N3S. The average molecular weight is 686 g/mol. The SMILES string of the molecule is C1=Cc2c(c3cc(-c4ccc5c(c4)Sc4ccccc4N5c4ccc(N(c5ccccc5)c5ccccc5)cc4)ccc3n2-c2ccccc2)CC1. The Kier molecular flexibility index (Phi) is 7.54. The van der Waals surface area contributed by atoms with Crippen LogP contribution in [0, 0.1) is 0 Å². The third-order valence-corrected chi connectivity index (χ3v) is 11.3. The fourth-order valence-corrected chi connectivity index (χ4v) is 8.93. The van der Waals surface area contributed by atoms with Crippen molar-refractivity contribution in [2.75, 3.05) is 9.80 Å². The van der Waals surface area contributed by atoms with E-state index in [0.717, 1.165) is 35.6 Å². The van der Waals surface area contributed by atoms with Crippen molar-refractivity contribution in [3.05, 3.63) is 193 Å². The minimum Gasteiger partial charge on any atom is -0.311 e. The van der Waals surface area contributed by atoms with Gasteiger partial charge in [-0.1, -0.05) is 96.7 Å². The Bertz CT molecular complexity index is 2550. The molecule has 0 spiro atoms. The van der Waals surface area contributed by atoms with Crippen LogP contribution in [0.25, 0.3) is 33.8 Å². The molecule has 2 heterocycles. The Labute approximate surface area is 308 Å². The highest BCUT2D eigenvalue weighted by atomic mass is 32.2. The summed E-state index contributed by atoms with van der Waals surface area (Å²) in [5.41, 5.74) is 14.6. The molecule has 0 saturated carbocycles. The summed E-state index contributed by atoms with van der Waals surface area (Å²) in [6, 6.07) is 63.6. The fraction of sp³-hybridized carbons (Fsp3) is 0.0417. The molecule has 4 heteroatoms. The van der Waals surface area contributed by atoms with Crippen LogP contribution in [0.3, 0.4) is 0 Å². The predicted molar refractivity (Wildman–Crippen MR) is 220 cm³/mol. The zero-order valence-electron chi connectivity index (χ0n) is 28.6. The Balaban J connectivity index is 1.04. The number of fused-ring (bicyclic) bond motifs is 5. The maximum atomic E-state index is 2.42. The van der Waals surface area contributed by atoms with Crippen molar-refractivity contribution in [3.63, 3.8) is 0 Å². The van der Waals surface area contributed by atoms with Gasteiger partial charge in [0, 0.05) is 49.3 Å². The van der Waals surface area contributed by atoms with Gasteiger partial charge in [-0.15, -0.1) is 0 Å². The van der Waals surface area contributed by atoms with Gasteiger partial charge in [-0.3, -0.25) is 0 Å². The maximum Gasteiger partial charge on any atom is 0.0602 e. The van der Waals surface area contributed by atoms with Crippen molar-refractivity contribution < 1.29 is 0 Å². The highest BCUT2D eigenvalue weighted by Crippen LogP contribution is 2.52. The monoisotopic (exact) mass is 685 g/mol. The van der Waals surface area contributed by atoms with Crippen LogP contribution in [0.15, 0.2) is 192 Å². The summed E-state index contributed by atoms with van der Waals surface area (Å²) < 4.78 is 2.42. The van der Waals surface area contributed by atoms with E-state index >= 15 is 0 Å². The van der Waals surface area contributed by atoms with Gasteiger partial charge in [0.2, 0.25) is 0 Å². The van der Waals surface area contributed by atoms with Gasteiger partial charge in [-0.25, -0.2) is 0 Å². The minimum atomic E-state index is 1.06. The standard InChI is InChI=1S/C48H35N3S/c1-4-14-36(15-5-1)49(37-16-6-2-7-17-37)39-26-28-40(29-27-39)51-45-22-12-13-23-47(45)52-48-33-35(25-31-46(48)51)34-24-30-44-42(32-34)41-20-10-11-21-43(41)50(44)38-18-8-3-9-19-38/h1-9,11-19,21-33H,10,20H2. The van der Waals surface area contributed by atoms with Gasteiger partial charge in [0.15, 0.2) is 0 Å². The largest absolute Gasteiger partial charge is 0.311 e. The molecule has 8 aromatic rings. The molecule has 3 nitrogen and oxygen atoms in total. The molecule has 1 aliphatic heterocycles. The molecule has 1 aromatic heterocycles. The first-order chi connectivity index (χ1) is 25.8. The first kappa shape index (κ1) is 30.6. The van der Waals surface area contributed by atoms with E-state index < -0.39 is 0 Å². The van der Waals surface area contributed by atoms with Crippen molar-refractivity contribution >= 4 is 62.9 Å². The molecule has 0 bridgehead atoms. The maximum absolute atomic E-state index is 2.42. The van der Waals surface area contributed by atoms with Crippen LogP contribution in [0.1, 0.15) is 17.7 Å². The van der Waals surface area contributed by atoms with Gasteiger partial charge in [0.1, 0.15) is 0 Å². The first-order valence-electron chi connectivity index (χ1n) is 17.9. The Morgan fingerprint density at radius 1 is 0.500 bits per heavy atom. The van der Waals surface area contributed by atoms with Gasteiger partial charge in [0.05, 0.1) is 16.9 Å².